The fraction of sp³-hybridized carbons (Fsp3) is 0.593. The van der Waals surface area contributed by atoms with Gasteiger partial charge in [0.2, 0.25) is 5.91 Å². The summed E-state index contributed by atoms with van der Waals surface area (Å²) >= 11 is 0. The third kappa shape index (κ3) is 2.16. The van der Waals surface area contributed by atoms with Crippen molar-refractivity contribution in [3.63, 3.8) is 0 Å². The lowest BCUT2D eigenvalue weighted by Gasteiger charge is -2.63. The van der Waals surface area contributed by atoms with Gasteiger partial charge in [0, 0.05) is 41.6 Å². The minimum absolute atomic E-state index is 0.0335. The lowest BCUT2D eigenvalue weighted by atomic mass is 9.47. The normalized spacial score (nSPS) is 32.0. The van der Waals surface area contributed by atoms with Gasteiger partial charge >= 0.3 is 0 Å². The molecule has 4 unspecified atom stereocenters. The predicted octanol–water partition coefficient (Wildman–Crippen LogP) is 4.14. The molecule has 0 radical (unpaired) electrons. The van der Waals surface area contributed by atoms with Gasteiger partial charge in [-0.15, -0.1) is 0 Å². The summed E-state index contributed by atoms with van der Waals surface area (Å²) in [6.45, 7) is 11.7. The average molecular weight is 434 g/mol. The SMILES string of the molecule is Cc1c[nH]c2c1CC1C34CCN(C)C1(C(=O)N(C(C)C)C(C)C)Cc1cccc(c13)OC24. The van der Waals surface area contributed by atoms with Crippen molar-refractivity contribution >= 4 is 5.91 Å². The van der Waals surface area contributed by atoms with Crippen LogP contribution in [-0.2, 0) is 23.1 Å². The van der Waals surface area contributed by atoms with Crippen LogP contribution in [0.2, 0.25) is 0 Å². The molecule has 2 aliphatic carbocycles. The minimum Gasteiger partial charge on any atom is -0.483 e. The number of aromatic nitrogens is 1. The Labute approximate surface area is 191 Å². The molecule has 1 fully saturated rings. The van der Waals surface area contributed by atoms with E-state index in [1.807, 2.05) is 0 Å². The number of benzene rings is 1. The number of carbonyl (C=O) groups excluding carboxylic acids is 1. The summed E-state index contributed by atoms with van der Waals surface area (Å²) in [5.41, 5.74) is 5.89. The van der Waals surface area contributed by atoms with Crippen LogP contribution in [-0.4, -0.2) is 51.9 Å². The van der Waals surface area contributed by atoms with E-state index in [0.29, 0.717) is 5.91 Å². The summed E-state index contributed by atoms with van der Waals surface area (Å²) in [6.07, 6.45) is 4.82. The van der Waals surface area contributed by atoms with Crippen LogP contribution < -0.4 is 4.74 Å². The number of amides is 1. The van der Waals surface area contributed by atoms with Gasteiger partial charge in [-0.1, -0.05) is 12.1 Å². The van der Waals surface area contributed by atoms with E-state index in [1.54, 1.807) is 0 Å². The molecule has 0 saturated carbocycles. The molecule has 2 aliphatic heterocycles. The van der Waals surface area contributed by atoms with Crippen molar-refractivity contribution in [3.05, 3.63) is 52.3 Å². The number of ether oxygens (including phenoxy) is 1. The summed E-state index contributed by atoms with van der Waals surface area (Å²) in [5, 5.41) is 0. The highest BCUT2D eigenvalue weighted by Gasteiger charge is 2.71. The number of aryl methyl sites for hydroxylation is 1. The number of nitrogens with one attached hydrogen (secondary N) is 1. The maximum absolute atomic E-state index is 14.7. The van der Waals surface area contributed by atoms with Gasteiger partial charge in [-0.2, -0.15) is 0 Å². The highest BCUT2D eigenvalue weighted by molar-refractivity contribution is 5.89. The van der Waals surface area contributed by atoms with Crippen molar-refractivity contribution in [2.24, 2.45) is 5.92 Å². The van der Waals surface area contributed by atoms with E-state index in [2.05, 4.69) is 80.8 Å². The molecule has 6 rings (SSSR count). The zero-order chi connectivity index (χ0) is 22.6. The molecule has 1 aromatic carbocycles. The molecule has 1 amide bonds. The van der Waals surface area contributed by atoms with Crippen LogP contribution in [0, 0.1) is 12.8 Å². The van der Waals surface area contributed by atoms with Gasteiger partial charge in [0.1, 0.15) is 17.4 Å². The van der Waals surface area contributed by atoms with Crippen molar-refractivity contribution in [2.75, 3.05) is 13.6 Å². The second-order valence-corrected chi connectivity index (χ2v) is 11.1. The Kier molecular flexibility index (Phi) is 4.07. The summed E-state index contributed by atoms with van der Waals surface area (Å²) in [5.74, 6) is 1.53. The number of aromatic amines is 1. The van der Waals surface area contributed by atoms with Gasteiger partial charge in [0.15, 0.2) is 0 Å². The molecule has 5 heteroatoms. The first-order valence-corrected chi connectivity index (χ1v) is 12.2. The largest absolute Gasteiger partial charge is 0.483 e. The second-order valence-electron chi connectivity index (χ2n) is 11.1. The van der Waals surface area contributed by atoms with Crippen LogP contribution in [0.15, 0.2) is 24.4 Å². The van der Waals surface area contributed by atoms with E-state index < -0.39 is 5.54 Å². The first-order valence-electron chi connectivity index (χ1n) is 12.2. The van der Waals surface area contributed by atoms with Crippen LogP contribution in [0.3, 0.4) is 0 Å². The van der Waals surface area contributed by atoms with Crippen LogP contribution in [0.5, 0.6) is 5.75 Å². The van der Waals surface area contributed by atoms with Gasteiger partial charge < -0.3 is 14.6 Å². The Balaban J connectivity index is 1.64. The van der Waals surface area contributed by atoms with Crippen molar-refractivity contribution in [1.29, 1.82) is 0 Å². The van der Waals surface area contributed by atoms with E-state index in [0.717, 1.165) is 31.6 Å². The maximum Gasteiger partial charge on any atom is 0.244 e. The molecule has 1 saturated heterocycles. The average Bonchev–Trinajstić information content (AvgIpc) is 3.27. The van der Waals surface area contributed by atoms with Crippen molar-refractivity contribution in [2.45, 2.75) is 83.0 Å². The fourth-order valence-corrected chi connectivity index (χ4v) is 7.92. The molecule has 4 aliphatic rings. The highest BCUT2D eigenvalue weighted by Crippen LogP contribution is 2.68. The zero-order valence-electron chi connectivity index (χ0n) is 20.2. The summed E-state index contributed by atoms with van der Waals surface area (Å²) in [6, 6.07) is 6.83. The number of hydrogen-bond donors (Lipinski definition) is 1. The van der Waals surface area contributed by atoms with E-state index in [9.17, 15) is 4.79 Å². The lowest BCUT2D eigenvalue weighted by Crippen LogP contribution is -2.75. The van der Waals surface area contributed by atoms with Crippen LogP contribution in [0.1, 0.15) is 68.2 Å². The third-order valence-electron chi connectivity index (χ3n) is 9.12. The minimum atomic E-state index is -0.550. The quantitative estimate of drug-likeness (QED) is 0.791. The van der Waals surface area contributed by atoms with Crippen molar-refractivity contribution in [3.8, 4) is 5.75 Å². The molecule has 2 bridgehead atoms. The number of piperidine rings is 1. The molecule has 5 nitrogen and oxygen atoms in total. The standard InChI is InChI=1S/C27H35N3O2/c1-15(2)30(16(3)4)25(31)27-13-18-8-7-9-20-22(18)26(10-11-29(27)6)21(27)12-19-17(5)14-28-23(19)24(26)32-20/h7-9,14-16,21,24,28H,10-13H2,1-6H3. The Hall–Kier alpha value is -2.27. The lowest BCUT2D eigenvalue weighted by molar-refractivity contribution is -0.165. The molecule has 4 atom stereocenters. The van der Waals surface area contributed by atoms with Gasteiger partial charge in [-0.25, -0.2) is 0 Å². The molecule has 2 aromatic rings. The number of likely N-dealkylation sites (tertiary alicyclic amines) is 1. The van der Waals surface area contributed by atoms with Crippen molar-refractivity contribution in [1.82, 2.24) is 14.8 Å². The van der Waals surface area contributed by atoms with E-state index in [1.165, 1.54) is 27.9 Å². The first-order chi connectivity index (χ1) is 15.2. The van der Waals surface area contributed by atoms with Crippen molar-refractivity contribution < 1.29 is 9.53 Å². The molecule has 1 N–H and O–H groups in total. The van der Waals surface area contributed by atoms with Crippen LogP contribution >= 0.6 is 0 Å². The summed E-state index contributed by atoms with van der Waals surface area (Å²) in [4.78, 5) is 22.8. The van der Waals surface area contributed by atoms with Gasteiger partial charge in [0.05, 0.1) is 5.69 Å². The molecule has 170 valence electrons. The van der Waals surface area contributed by atoms with Gasteiger partial charge in [-0.05, 0) is 83.8 Å². The molecule has 3 heterocycles. The topological polar surface area (TPSA) is 48.6 Å². The summed E-state index contributed by atoms with van der Waals surface area (Å²) in [7, 11) is 2.18. The number of carbonyl (C=O) groups is 1. The van der Waals surface area contributed by atoms with E-state index in [-0.39, 0.29) is 29.5 Å². The number of hydrogen-bond acceptors (Lipinski definition) is 3. The number of nitrogens with zero attached hydrogens (tertiary/aromatic N) is 2. The Morgan fingerprint density at radius 3 is 2.72 bits per heavy atom. The molecular weight excluding hydrogens is 398 g/mol. The predicted molar refractivity (Wildman–Crippen MR) is 125 cm³/mol. The molecular formula is C27H35N3O2. The Morgan fingerprint density at radius 1 is 1.25 bits per heavy atom. The highest BCUT2D eigenvalue weighted by atomic mass is 16.5. The smallest absolute Gasteiger partial charge is 0.244 e. The fourth-order valence-electron chi connectivity index (χ4n) is 7.92. The third-order valence-corrected chi connectivity index (χ3v) is 9.12. The first kappa shape index (κ1) is 20.3. The van der Waals surface area contributed by atoms with Crippen LogP contribution in [0.25, 0.3) is 0 Å². The Bertz CT molecular complexity index is 1110. The molecule has 1 aromatic heterocycles. The number of rotatable bonds is 3. The number of fused-ring (bicyclic) bond motifs is 2. The Morgan fingerprint density at radius 2 is 2.00 bits per heavy atom. The molecule has 1 spiro atoms. The zero-order valence-corrected chi connectivity index (χ0v) is 20.2. The van der Waals surface area contributed by atoms with E-state index >= 15 is 0 Å². The summed E-state index contributed by atoms with van der Waals surface area (Å²) < 4.78 is 6.76. The molecule has 32 heavy (non-hydrogen) atoms. The number of likely N-dealkylation sites (N-methyl/N-ethyl adjacent to an activating group) is 1. The number of H-pyrrole nitrogens is 1. The van der Waals surface area contributed by atoms with Gasteiger partial charge in [-0.3, -0.25) is 9.69 Å². The van der Waals surface area contributed by atoms with Gasteiger partial charge in [0.25, 0.3) is 0 Å². The maximum atomic E-state index is 14.7. The monoisotopic (exact) mass is 433 g/mol. The second kappa shape index (κ2) is 6.40. The van der Waals surface area contributed by atoms with E-state index in [4.69, 9.17) is 4.74 Å². The van der Waals surface area contributed by atoms with Crippen LogP contribution in [0.4, 0.5) is 0 Å².